The summed E-state index contributed by atoms with van der Waals surface area (Å²) >= 11 is 0. The Morgan fingerprint density at radius 3 is 3.12 bits per heavy atom. The molecule has 0 radical (unpaired) electrons. The van der Waals surface area contributed by atoms with Crippen LogP contribution in [0.3, 0.4) is 0 Å². The standard InChI is InChI=1S/C12H18N2O3/c1-8(7-16-2)13-12(15)11-6-10(17-14-11)5-9-3-4-9/h6,8-9H,3-5,7H2,1-2H3,(H,13,15)/t8-/m1/s1. The van der Waals surface area contributed by atoms with Crippen LogP contribution in [0.2, 0.25) is 0 Å². The lowest BCUT2D eigenvalue weighted by molar-refractivity contribution is 0.0896. The van der Waals surface area contributed by atoms with Crippen molar-refractivity contribution in [2.75, 3.05) is 13.7 Å². The number of rotatable bonds is 6. The van der Waals surface area contributed by atoms with Crippen molar-refractivity contribution < 1.29 is 14.1 Å². The highest BCUT2D eigenvalue weighted by atomic mass is 16.5. The third kappa shape index (κ3) is 3.56. The lowest BCUT2D eigenvalue weighted by atomic mass is 10.2. The Kier molecular flexibility index (Phi) is 3.78. The average molecular weight is 238 g/mol. The van der Waals surface area contributed by atoms with Gasteiger partial charge in [0, 0.05) is 25.6 Å². The number of nitrogens with one attached hydrogen (secondary N) is 1. The molecule has 0 saturated heterocycles. The molecule has 0 aliphatic heterocycles. The van der Waals surface area contributed by atoms with Crippen LogP contribution in [0.5, 0.6) is 0 Å². The number of carbonyl (C=O) groups excluding carboxylic acids is 1. The minimum atomic E-state index is -0.208. The molecule has 1 heterocycles. The van der Waals surface area contributed by atoms with Crippen LogP contribution in [-0.2, 0) is 11.2 Å². The molecule has 1 aliphatic rings. The van der Waals surface area contributed by atoms with Gasteiger partial charge in [0.1, 0.15) is 5.76 Å². The maximum absolute atomic E-state index is 11.8. The Morgan fingerprint density at radius 1 is 1.71 bits per heavy atom. The van der Waals surface area contributed by atoms with Gasteiger partial charge in [0.15, 0.2) is 5.69 Å². The van der Waals surface area contributed by atoms with Crippen LogP contribution < -0.4 is 5.32 Å². The number of aromatic nitrogens is 1. The number of hydrogen-bond acceptors (Lipinski definition) is 4. The Bertz CT molecular complexity index is 385. The normalized spacial score (nSPS) is 16.8. The Morgan fingerprint density at radius 2 is 2.47 bits per heavy atom. The van der Waals surface area contributed by atoms with E-state index in [1.807, 2.05) is 6.92 Å². The van der Waals surface area contributed by atoms with Crippen LogP contribution in [0.25, 0.3) is 0 Å². The van der Waals surface area contributed by atoms with E-state index in [0.717, 1.165) is 18.1 Å². The smallest absolute Gasteiger partial charge is 0.273 e. The fraction of sp³-hybridized carbons (Fsp3) is 0.667. The van der Waals surface area contributed by atoms with Gasteiger partial charge < -0.3 is 14.6 Å². The lowest BCUT2D eigenvalue weighted by Crippen LogP contribution is -2.35. The highest BCUT2D eigenvalue weighted by Gasteiger charge is 2.24. The number of hydrogen-bond donors (Lipinski definition) is 1. The van der Waals surface area contributed by atoms with Gasteiger partial charge in [-0.2, -0.15) is 0 Å². The van der Waals surface area contributed by atoms with E-state index in [1.165, 1.54) is 12.8 Å². The van der Waals surface area contributed by atoms with E-state index in [-0.39, 0.29) is 11.9 Å². The zero-order valence-corrected chi connectivity index (χ0v) is 10.2. The lowest BCUT2D eigenvalue weighted by Gasteiger charge is -2.10. The average Bonchev–Trinajstić information content (AvgIpc) is 2.94. The molecule has 1 atom stereocenters. The van der Waals surface area contributed by atoms with Gasteiger partial charge in [0.05, 0.1) is 6.61 Å². The van der Waals surface area contributed by atoms with E-state index in [1.54, 1.807) is 13.2 Å². The first-order valence-electron chi connectivity index (χ1n) is 5.94. The van der Waals surface area contributed by atoms with Crippen LogP contribution in [0.15, 0.2) is 10.6 Å². The molecule has 0 aromatic carbocycles. The number of ether oxygens (including phenoxy) is 1. The van der Waals surface area contributed by atoms with Crippen molar-refractivity contribution in [2.24, 2.45) is 5.92 Å². The van der Waals surface area contributed by atoms with Gasteiger partial charge >= 0.3 is 0 Å². The SMILES string of the molecule is COC[C@@H](C)NC(=O)c1cc(CC2CC2)on1. The molecule has 1 fully saturated rings. The van der Waals surface area contributed by atoms with Crippen molar-refractivity contribution in [1.29, 1.82) is 0 Å². The fourth-order valence-electron chi connectivity index (χ4n) is 1.71. The molecular weight excluding hydrogens is 220 g/mol. The Labute approximate surface area is 101 Å². The van der Waals surface area contributed by atoms with E-state index < -0.39 is 0 Å². The van der Waals surface area contributed by atoms with Gasteiger partial charge in [0.25, 0.3) is 5.91 Å². The van der Waals surface area contributed by atoms with Crippen LogP contribution in [0.1, 0.15) is 36.0 Å². The van der Waals surface area contributed by atoms with E-state index >= 15 is 0 Å². The molecular formula is C12H18N2O3. The third-order valence-electron chi connectivity index (χ3n) is 2.77. The second-order valence-electron chi connectivity index (χ2n) is 4.66. The summed E-state index contributed by atoms with van der Waals surface area (Å²) in [7, 11) is 1.60. The molecule has 0 spiro atoms. The quantitative estimate of drug-likeness (QED) is 0.813. The molecule has 5 heteroatoms. The summed E-state index contributed by atoms with van der Waals surface area (Å²) in [4.78, 5) is 11.8. The minimum absolute atomic E-state index is 0.0314. The molecule has 1 amide bonds. The second kappa shape index (κ2) is 5.31. The maximum Gasteiger partial charge on any atom is 0.273 e. The molecule has 17 heavy (non-hydrogen) atoms. The van der Waals surface area contributed by atoms with Crippen LogP contribution in [0.4, 0.5) is 0 Å². The number of nitrogens with zero attached hydrogens (tertiary/aromatic N) is 1. The van der Waals surface area contributed by atoms with Crippen LogP contribution >= 0.6 is 0 Å². The zero-order valence-electron chi connectivity index (χ0n) is 10.2. The van der Waals surface area contributed by atoms with Crippen LogP contribution in [-0.4, -0.2) is 30.8 Å². The topological polar surface area (TPSA) is 64.4 Å². The predicted octanol–water partition coefficient (Wildman–Crippen LogP) is 1.39. The van der Waals surface area contributed by atoms with Crippen molar-refractivity contribution in [3.05, 3.63) is 17.5 Å². The largest absolute Gasteiger partial charge is 0.383 e. The Balaban J connectivity index is 1.87. The summed E-state index contributed by atoms with van der Waals surface area (Å²) < 4.78 is 10.1. The van der Waals surface area contributed by atoms with E-state index in [9.17, 15) is 4.79 Å². The first-order valence-corrected chi connectivity index (χ1v) is 5.94. The molecule has 0 bridgehead atoms. The summed E-state index contributed by atoms with van der Waals surface area (Å²) in [6, 6.07) is 1.70. The van der Waals surface area contributed by atoms with Gasteiger partial charge in [0.2, 0.25) is 0 Å². The molecule has 1 aromatic heterocycles. The van der Waals surface area contributed by atoms with E-state index in [2.05, 4.69) is 10.5 Å². The number of amides is 1. The third-order valence-corrected chi connectivity index (χ3v) is 2.77. The van der Waals surface area contributed by atoms with Crippen LogP contribution in [0, 0.1) is 5.92 Å². The van der Waals surface area contributed by atoms with E-state index in [4.69, 9.17) is 9.26 Å². The molecule has 1 saturated carbocycles. The zero-order chi connectivity index (χ0) is 12.3. The maximum atomic E-state index is 11.8. The first kappa shape index (κ1) is 12.1. The van der Waals surface area contributed by atoms with Gasteiger partial charge in [-0.3, -0.25) is 4.79 Å². The molecule has 94 valence electrons. The van der Waals surface area contributed by atoms with Gasteiger partial charge in [-0.05, 0) is 25.7 Å². The molecule has 1 aliphatic carbocycles. The number of carbonyl (C=O) groups is 1. The summed E-state index contributed by atoms with van der Waals surface area (Å²) in [6.45, 7) is 2.37. The van der Waals surface area contributed by atoms with Gasteiger partial charge in [-0.1, -0.05) is 5.16 Å². The predicted molar refractivity (Wildman–Crippen MR) is 61.7 cm³/mol. The first-order chi connectivity index (χ1) is 8.19. The van der Waals surface area contributed by atoms with Crippen molar-refractivity contribution in [2.45, 2.75) is 32.2 Å². The van der Waals surface area contributed by atoms with Crippen molar-refractivity contribution in [3.8, 4) is 0 Å². The molecule has 1 N–H and O–H groups in total. The van der Waals surface area contributed by atoms with Crippen molar-refractivity contribution in [3.63, 3.8) is 0 Å². The van der Waals surface area contributed by atoms with Crippen molar-refractivity contribution >= 4 is 5.91 Å². The molecule has 2 rings (SSSR count). The van der Waals surface area contributed by atoms with E-state index in [0.29, 0.717) is 12.3 Å². The molecule has 0 unspecified atom stereocenters. The van der Waals surface area contributed by atoms with Gasteiger partial charge in [-0.25, -0.2) is 0 Å². The summed E-state index contributed by atoms with van der Waals surface area (Å²) in [6.07, 6.45) is 3.41. The summed E-state index contributed by atoms with van der Waals surface area (Å²) in [5, 5.41) is 6.58. The second-order valence-corrected chi connectivity index (χ2v) is 4.66. The highest BCUT2D eigenvalue weighted by molar-refractivity contribution is 5.92. The highest BCUT2D eigenvalue weighted by Crippen LogP contribution is 2.32. The minimum Gasteiger partial charge on any atom is -0.383 e. The summed E-state index contributed by atoms with van der Waals surface area (Å²) in [5.41, 5.74) is 0.351. The number of methoxy groups -OCH3 is 1. The van der Waals surface area contributed by atoms with Gasteiger partial charge in [-0.15, -0.1) is 0 Å². The van der Waals surface area contributed by atoms with Crippen molar-refractivity contribution in [1.82, 2.24) is 10.5 Å². The molecule has 1 aromatic rings. The monoisotopic (exact) mass is 238 g/mol. The molecule has 5 nitrogen and oxygen atoms in total. The Hall–Kier alpha value is -1.36. The fourth-order valence-corrected chi connectivity index (χ4v) is 1.71. The summed E-state index contributed by atoms with van der Waals surface area (Å²) in [5.74, 6) is 1.32.